The molecule has 1 aromatic heterocycles. The molecule has 30 heavy (non-hydrogen) atoms. The van der Waals surface area contributed by atoms with Crippen LogP contribution < -0.4 is 10.1 Å². The second-order valence-corrected chi connectivity index (χ2v) is 8.67. The quantitative estimate of drug-likeness (QED) is 0.603. The first kappa shape index (κ1) is 21.0. The highest BCUT2D eigenvalue weighted by atomic mass is 35.5. The summed E-state index contributed by atoms with van der Waals surface area (Å²) in [5.41, 5.74) is -0.711. The number of oxazole rings is 1. The van der Waals surface area contributed by atoms with Gasteiger partial charge in [0.2, 0.25) is 0 Å². The largest absolute Gasteiger partial charge is 0.484 e. The molecule has 0 radical (unpaired) electrons. The number of hydrogen-bond donors (Lipinski definition) is 1. The summed E-state index contributed by atoms with van der Waals surface area (Å²) < 4.78 is 47.5. The lowest BCUT2D eigenvalue weighted by Crippen LogP contribution is -2.75. The summed E-state index contributed by atoms with van der Waals surface area (Å²) in [4.78, 5) is 27.5. The van der Waals surface area contributed by atoms with Crippen molar-refractivity contribution in [1.29, 1.82) is 0 Å². The molecule has 6 nitrogen and oxygen atoms in total. The molecule has 0 saturated heterocycles. The van der Waals surface area contributed by atoms with Gasteiger partial charge in [-0.1, -0.05) is 23.2 Å². The minimum atomic E-state index is -4.73. The molecule has 11 heteroatoms. The predicted octanol–water partition coefficient (Wildman–Crippen LogP) is 4.69. The molecular weight excluding hydrogens is 448 g/mol. The zero-order valence-corrected chi connectivity index (χ0v) is 16.8. The van der Waals surface area contributed by atoms with Gasteiger partial charge in [0.15, 0.2) is 18.2 Å². The van der Waals surface area contributed by atoms with Gasteiger partial charge in [-0.2, -0.15) is 13.2 Å². The molecule has 160 valence electrons. The van der Waals surface area contributed by atoms with Gasteiger partial charge in [-0.05, 0) is 36.8 Å². The topological polar surface area (TPSA) is 81.4 Å². The number of Topliss-reactive ketones (excluding diaryl/α,β-unsaturated/α-hetero) is 1. The van der Waals surface area contributed by atoms with Crippen molar-refractivity contribution in [3.8, 4) is 5.75 Å². The van der Waals surface area contributed by atoms with Crippen LogP contribution in [0.3, 0.4) is 0 Å². The second kappa shape index (κ2) is 7.16. The third-order valence-corrected chi connectivity index (χ3v) is 6.10. The Hall–Kier alpha value is -2.26. The van der Waals surface area contributed by atoms with Crippen molar-refractivity contribution >= 4 is 34.9 Å². The molecule has 1 aromatic carbocycles. The van der Waals surface area contributed by atoms with Crippen LogP contribution in [0.1, 0.15) is 42.1 Å². The molecule has 0 spiro atoms. The van der Waals surface area contributed by atoms with Gasteiger partial charge >= 0.3 is 12.1 Å². The first-order chi connectivity index (χ1) is 14.0. The number of hydrogen-bond acceptors (Lipinski definition) is 5. The summed E-state index contributed by atoms with van der Waals surface area (Å²) in [7, 11) is 0. The number of nitrogens with one attached hydrogen (secondary N) is 1. The van der Waals surface area contributed by atoms with Crippen LogP contribution in [-0.2, 0) is 11.0 Å². The predicted molar refractivity (Wildman–Crippen MR) is 99.6 cm³/mol. The monoisotopic (exact) mass is 462 g/mol. The minimum Gasteiger partial charge on any atom is -0.484 e. The Morgan fingerprint density at radius 1 is 1.20 bits per heavy atom. The molecule has 1 N–H and O–H groups in total. The number of rotatable bonds is 7. The van der Waals surface area contributed by atoms with E-state index in [1.54, 1.807) is 12.1 Å². The van der Waals surface area contributed by atoms with Crippen molar-refractivity contribution in [3.63, 3.8) is 0 Å². The summed E-state index contributed by atoms with van der Waals surface area (Å²) in [6.45, 7) is -0.204. The van der Waals surface area contributed by atoms with Gasteiger partial charge in [0.05, 0.1) is 16.2 Å². The van der Waals surface area contributed by atoms with E-state index in [1.165, 1.54) is 6.07 Å². The molecule has 3 aliphatic rings. The van der Waals surface area contributed by atoms with Crippen LogP contribution in [0.4, 0.5) is 13.2 Å². The number of amides is 1. The molecule has 0 unspecified atom stereocenters. The number of alkyl halides is 3. The first-order valence-corrected chi connectivity index (χ1v) is 9.70. The SMILES string of the molecule is O=C(COc1ccc(Cl)c(Cl)c1)NC12CC(CC(=O)c3cnc(C(F)(F)F)o3)(C1)C2. The molecule has 1 heterocycles. The maximum atomic E-state index is 12.5. The molecular formula is C19H15Cl2F3N2O4. The van der Waals surface area contributed by atoms with Crippen molar-refractivity contribution < 1.29 is 31.9 Å². The molecule has 5 rings (SSSR count). The van der Waals surface area contributed by atoms with E-state index in [-0.39, 0.29) is 24.3 Å². The average molecular weight is 463 g/mol. The number of carbonyl (C=O) groups is 2. The highest BCUT2D eigenvalue weighted by Gasteiger charge is 2.68. The Morgan fingerprint density at radius 2 is 1.90 bits per heavy atom. The fraction of sp³-hybridized carbons (Fsp3) is 0.421. The number of aromatic nitrogens is 1. The van der Waals surface area contributed by atoms with Gasteiger partial charge in [0.25, 0.3) is 5.91 Å². The lowest BCUT2D eigenvalue weighted by Gasteiger charge is -2.70. The van der Waals surface area contributed by atoms with E-state index in [0.29, 0.717) is 35.1 Å². The van der Waals surface area contributed by atoms with E-state index in [2.05, 4.69) is 14.7 Å². The lowest BCUT2D eigenvalue weighted by atomic mass is 9.38. The van der Waals surface area contributed by atoms with Crippen LogP contribution in [0, 0.1) is 5.41 Å². The van der Waals surface area contributed by atoms with Gasteiger partial charge in [-0.25, -0.2) is 4.98 Å². The fourth-order valence-electron chi connectivity index (χ4n) is 4.33. The third-order valence-electron chi connectivity index (χ3n) is 5.36. The number of carbonyl (C=O) groups excluding carboxylic acids is 2. The van der Waals surface area contributed by atoms with Gasteiger partial charge in [-0.3, -0.25) is 9.59 Å². The highest BCUT2D eigenvalue weighted by molar-refractivity contribution is 6.42. The standard InChI is InChI=1S/C19H15Cl2F3N2O4/c20-11-2-1-10(3-12(11)21)29-6-15(28)26-18-7-17(8-18,9-18)4-13(27)14-5-25-16(30-14)19(22,23)24/h1-3,5H,4,6-9H2,(H,26,28). The van der Waals surface area contributed by atoms with Crippen LogP contribution in [0.15, 0.2) is 28.8 Å². The van der Waals surface area contributed by atoms with E-state index < -0.39 is 29.1 Å². The molecule has 2 bridgehead atoms. The Kier molecular flexibility index (Phi) is 5.01. The Morgan fingerprint density at radius 3 is 2.50 bits per heavy atom. The maximum Gasteiger partial charge on any atom is 0.468 e. The molecule has 3 fully saturated rings. The van der Waals surface area contributed by atoms with E-state index >= 15 is 0 Å². The number of ketones is 1. The Bertz CT molecular complexity index is 1000. The van der Waals surface area contributed by atoms with E-state index in [9.17, 15) is 22.8 Å². The van der Waals surface area contributed by atoms with Crippen molar-refractivity contribution in [1.82, 2.24) is 10.3 Å². The van der Waals surface area contributed by atoms with Crippen molar-refractivity contribution in [2.75, 3.05) is 6.61 Å². The lowest BCUT2D eigenvalue weighted by molar-refractivity contribution is -0.164. The molecule has 2 aromatic rings. The van der Waals surface area contributed by atoms with E-state index in [1.807, 2.05) is 0 Å². The number of benzene rings is 1. The second-order valence-electron chi connectivity index (χ2n) is 7.85. The summed E-state index contributed by atoms with van der Waals surface area (Å²) in [5, 5.41) is 3.59. The maximum absolute atomic E-state index is 12.5. The highest BCUT2D eigenvalue weighted by Crippen LogP contribution is 2.69. The van der Waals surface area contributed by atoms with E-state index in [4.69, 9.17) is 27.9 Å². The molecule has 0 aliphatic heterocycles. The Balaban J connectivity index is 1.24. The summed E-state index contributed by atoms with van der Waals surface area (Å²) in [6, 6.07) is 4.66. The van der Waals surface area contributed by atoms with Crippen LogP contribution in [0.2, 0.25) is 10.0 Å². The third kappa shape index (κ3) is 4.00. The van der Waals surface area contributed by atoms with Crippen molar-refractivity contribution in [2.45, 2.75) is 37.4 Å². The molecule has 0 atom stereocenters. The fourth-order valence-corrected chi connectivity index (χ4v) is 4.62. The van der Waals surface area contributed by atoms with Crippen molar-refractivity contribution in [2.24, 2.45) is 5.41 Å². The normalized spacial score (nSPS) is 24.6. The van der Waals surface area contributed by atoms with Crippen LogP contribution >= 0.6 is 23.2 Å². The van der Waals surface area contributed by atoms with E-state index in [0.717, 1.165) is 6.20 Å². The van der Waals surface area contributed by atoms with Gasteiger partial charge in [0.1, 0.15) is 5.75 Å². The summed E-state index contributed by atoms with van der Waals surface area (Å²) in [5.74, 6) is -2.27. The van der Waals surface area contributed by atoms with Gasteiger partial charge < -0.3 is 14.5 Å². The molecule has 1 amide bonds. The Labute approximate surface area is 178 Å². The van der Waals surface area contributed by atoms with Crippen molar-refractivity contribution in [3.05, 3.63) is 46.1 Å². The van der Waals surface area contributed by atoms with Gasteiger partial charge in [0, 0.05) is 18.0 Å². The summed E-state index contributed by atoms with van der Waals surface area (Å²) >= 11 is 11.7. The first-order valence-electron chi connectivity index (χ1n) is 8.94. The molecule has 3 aliphatic carbocycles. The molecule has 3 saturated carbocycles. The average Bonchev–Trinajstić information content (AvgIpc) is 3.10. The summed E-state index contributed by atoms with van der Waals surface area (Å²) in [6.07, 6.45) is -2.16. The van der Waals surface area contributed by atoms with Gasteiger partial charge in [-0.15, -0.1) is 0 Å². The minimum absolute atomic E-state index is 0.0525. The smallest absolute Gasteiger partial charge is 0.468 e. The number of ether oxygens (including phenoxy) is 1. The zero-order chi connectivity index (χ0) is 21.7. The van der Waals surface area contributed by atoms with Crippen LogP contribution in [-0.4, -0.2) is 28.8 Å². The van der Waals surface area contributed by atoms with Crippen LogP contribution in [0.5, 0.6) is 5.75 Å². The number of halogens is 5. The number of nitrogens with zero attached hydrogens (tertiary/aromatic N) is 1. The van der Waals surface area contributed by atoms with Crippen LogP contribution in [0.25, 0.3) is 0 Å². The zero-order valence-electron chi connectivity index (χ0n) is 15.3.